The van der Waals surface area contributed by atoms with Crippen LogP contribution >= 0.6 is 0 Å². The molecule has 1 aromatic rings. The first-order valence-electron chi connectivity index (χ1n) is 6.73. The average Bonchev–Trinajstić information content (AvgIpc) is 2.48. The third kappa shape index (κ3) is 22.1. The van der Waals surface area contributed by atoms with Crippen molar-refractivity contribution in [1.82, 2.24) is 0 Å². The van der Waals surface area contributed by atoms with Gasteiger partial charge in [0.1, 0.15) is 0 Å². The van der Waals surface area contributed by atoms with Crippen LogP contribution in [0, 0.1) is 12.5 Å². The van der Waals surface area contributed by atoms with Crippen molar-refractivity contribution in [3.8, 4) is 0 Å². The monoisotopic (exact) mass is 309 g/mol. The molecule has 1 radical (unpaired) electrons. The molecule has 1 heteroatoms. The molecular formula is C16H28Y-2. The van der Waals surface area contributed by atoms with E-state index in [9.17, 15) is 0 Å². The quantitative estimate of drug-likeness (QED) is 0.540. The second-order valence-corrected chi connectivity index (χ2v) is 3.00. The molecule has 0 heterocycles. The molecule has 0 bridgehead atoms. The number of benzene rings is 1. The van der Waals surface area contributed by atoms with Gasteiger partial charge >= 0.3 is 0 Å². The van der Waals surface area contributed by atoms with E-state index in [0.29, 0.717) is 0 Å². The van der Waals surface area contributed by atoms with E-state index in [1.807, 2.05) is 58.0 Å². The van der Waals surface area contributed by atoms with Crippen molar-refractivity contribution in [1.29, 1.82) is 0 Å². The van der Waals surface area contributed by atoms with E-state index in [1.54, 1.807) is 0 Å². The van der Waals surface area contributed by atoms with Crippen LogP contribution < -0.4 is 0 Å². The van der Waals surface area contributed by atoms with Crippen molar-refractivity contribution >= 4 is 0 Å². The summed E-state index contributed by atoms with van der Waals surface area (Å²) in [6, 6.07) is 12.5. The van der Waals surface area contributed by atoms with Crippen LogP contribution in [0.3, 0.4) is 0 Å². The van der Waals surface area contributed by atoms with Gasteiger partial charge in [0.2, 0.25) is 0 Å². The van der Waals surface area contributed by atoms with E-state index in [4.69, 9.17) is 0 Å². The van der Waals surface area contributed by atoms with Gasteiger partial charge in [-0.2, -0.15) is 49.2 Å². The van der Waals surface area contributed by atoms with Crippen LogP contribution in [0.4, 0.5) is 0 Å². The standard InChI is InChI=1S/C6H11.C6H5.2C2H6.Y/c2*1-2-4-6-5-3-1;2*1-2;/h1H,2-6H2;1-5H;2*1-2H3;/q2*-1;;;. The molecule has 0 N–H and O–H groups in total. The van der Waals surface area contributed by atoms with Gasteiger partial charge < -0.3 is 6.42 Å². The van der Waals surface area contributed by atoms with Crippen LogP contribution in [0.1, 0.15) is 59.8 Å². The predicted molar refractivity (Wildman–Crippen MR) is 75.4 cm³/mol. The van der Waals surface area contributed by atoms with Crippen molar-refractivity contribution in [3.05, 3.63) is 42.8 Å². The zero-order valence-corrected chi connectivity index (χ0v) is 14.9. The van der Waals surface area contributed by atoms with E-state index in [0.717, 1.165) is 0 Å². The zero-order valence-electron chi connectivity index (χ0n) is 12.1. The maximum atomic E-state index is 2.89. The third-order valence-corrected chi connectivity index (χ3v) is 1.92. The average molecular weight is 309 g/mol. The minimum absolute atomic E-state index is 0. The van der Waals surface area contributed by atoms with Gasteiger partial charge in [-0.3, -0.25) is 0 Å². The molecular weight excluding hydrogens is 281 g/mol. The molecule has 0 amide bonds. The first-order valence-corrected chi connectivity index (χ1v) is 6.73. The Morgan fingerprint density at radius 1 is 0.765 bits per heavy atom. The van der Waals surface area contributed by atoms with Gasteiger partial charge in [0.25, 0.3) is 0 Å². The van der Waals surface area contributed by atoms with Gasteiger partial charge in [-0.1, -0.05) is 47.0 Å². The molecule has 0 spiro atoms. The number of hydrogen-bond donors (Lipinski definition) is 0. The summed E-state index contributed by atoms with van der Waals surface area (Å²) < 4.78 is 0. The minimum Gasteiger partial charge on any atom is -0.328 e. The van der Waals surface area contributed by atoms with Crippen LogP contribution in [0.15, 0.2) is 30.3 Å². The van der Waals surface area contributed by atoms with Crippen LogP contribution in [-0.2, 0) is 32.7 Å². The van der Waals surface area contributed by atoms with Crippen LogP contribution in [0.2, 0.25) is 0 Å². The fraction of sp³-hybridized carbons (Fsp3) is 0.562. The molecule has 1 aliphatic carbocycles. The summed E-state index contributed by atoms with van der Waals surface area (Å²) in [4.78, 5) is 0. The van der Waals surface area contributed by atoms with Gasteiger partial charge in [-0.15, -0.1) is 0 Å². The smallest absolute Gasteiger partial charge is 0 e. The summed E-state index contributed by atoms with van der Waals surface area (Å²) in [5.74, 6) is 0. The fourth-order valence-corrected chi connectivity index (χ4v) is 1.24. The third-order valence-electron chi connectivity index (χ3n) is 1.92. The minimum atomic E-state index is 0. The van der Waals surface area contributed by atoms with Crippen LogP contribution in [0.5, 0.6) is 0 Å². The molecule has 0 unspecified atom stereocenters. The molecule has 0 aromatic heterocycles. The molecule has 97 valence electrons. The zero-order chi connectivity index (χ0) is 12.5. The largest absolute Gasteiger partial charge is 0.328 e. The first kappa shape index (κ1) is 22.5. The Morgan fingerprint density at radius 3 is 1.35 bits per heavy atom. The molecule has 0 saturated heterocycles. The molecule has 0 nitrogen and oxygen atoms in total. The number of rotatable bonds is 0. The summed E-state index contributed by atoms with van der Waals surface area (Å²) in [7, 11) is 0. The van der Waals surface area contributed by atoms with Gasteiger partial charge in [-0.05, 0) is 0 Å². The number of hydrogen-bond acceptors (Lipinski definition) is 0. The maximum absolute atomic E-state index is 2.89. The van der Waals surface area contributed by atoms with Crippen LogP contribution in [-0.4, -0.2) is 0 Å². The van der Waals surface area contributed by atoms with Crippen molar-refractivity contribution in [3.63, 3.8) is 0 Å². The maximum Gasteiger partial charge on any atom is 0 e. The van der Waals surface area contributed by atoms with Crippen molar-refractivity contribution in [2.24, 2.45) is 0 Å². The molecule has 1 saturated carbocycles. The second-order valence-electron chi connectivity index (χ2n) is 3.00. The van der Waals surface area contributed by atoms with Gasteiger partial charge in [0.15, 0.2) is 0 Å². The van der Waals surface area contributed by atoms with Crippen molar-refractivity contribution in [2.75, 3.05) is 0 Å². The topological polar surface area (TPSA) is 0 Å². The van der Waals surface area contributed by atoms with Gasteiger partial charge in [0.05, 0.1) is 0 Å². The Labute approximate surface area is 134 Å². The molecule has 0 aliphatic heterocycles. The summed E-state index contributed by atoms with van der Waals surface area (Å²) in [5.41, 5.74) is 0. The van der Waals surface area contributed by atoms with Gasteiger partial charge in [-0.25, -0.2) is 0 Å². The van der Waals surface area contributed by atoms with E-state index in [2.05, 4.69) is 12.5 Å². The van der Waals surface area contributed by atoms with Crippen molar-refractivity contribution < 1.29 is 32.7 Å². The Kier molecular flexibility index (Phi) is 33.4. The molecule has 17 heavy (non-hydrogen) atoms. The second kappa shape index (κ2) is 25.2. The Hall–Kier alpha value is 0.324. The summed E-state index contributed by atoms with van der Waals surface area (Å²) in [6.45, 7) is 8.00. The molecule has 1 aliphatic rings. The van der Waals surface area contributed by atoms with E-state index < -0.39 is 0 Å². The molecule has 0 atom stereocenters. The van der Waals surface area contributed by atoms with Crippen molar-refractivity contribution in [2.45, 2.75) is 59.8 Å². The Bertz CT molecular complexity index is 130. The van der Waals surface area contributed by atoms with E-state index in [1.165, 1.54) is 32.1 Å². The Balaban J connectivity index is -0.000000171. The Morgan fingerprint density at radius 2 is 1.24 bits per heavy atom. The SMILES string of the molecule is CC.CC.[CH-]1CCCCC1.[Y].[c-]1ccccc1. The summed E-state index contributed by atoms with van der Waals surface area (Å²) in [5, 5.41) is 0. The predicted octanol–water partition coefficient (Wildman–Crippen LogP) is 5.69. The molecule has 1 aromatic carbocycles. The normalized spacial score (nSPS) is 12.0. The molecule has 2 rings (SSSR count). The van der Waals surface area contributed by atoms with Crippen LogP contribution in [0.25, 0.3) is 0 Å². The summed E-state index contributed by atoms with van der Waals surface area (Å²) in [6.07, 6.45) is 9.50. The fourth-order valence-electron chi connectivity index (χ4n) is 1.24. The van der Waals surface area contributed by atoms with E-state index >= 15 is 0 Å². The van der Waals surface area contributed by atoms with Gasteiger partial charge in [0, 0.05) is 32.7 Å². The summed E-state index contributed by atoms with van der Waals surface area (Å²) >= 11 is 0. The molecule has 1 fully saturated rings. The first-order chi connectivity index (χ1) is 8.00. The van der Waals surface area contributed by atoms with E-state index in [-0.39, 0.29) is 32.7 Å².